The van der Waals surface area contributed by atoms with Crippen molar-refractivity contribution >= 4 is 16.9 Å². The lowest BCUT2D eigenvalue weighted by Crippen LogP contribution is -2.09. The van der Waals surface area contributed by atoms with Gasteiger partial charge >= 0.3 is 0 Å². The Labute approximate surface area is 107 Å². The third kappa shape index (κ3) is 3.19. The van der Waals surface area contributed by atoms with E-state index in [0.29, 0.717) is 6.42 Å². The van der Waals surface area contributed by atoms with E-state index >= 15 is 0 Å². The minimum Gasteiger partial charge on any atom is -0.441 e. The molecule has 0 radical (unpaired) electrons. The maximum Gasteiger partial charge on any atom is 0.195 e. The molecule has 0 bridgehead atoms. The van der Waals surface area contributed by atoms with Crippen molar-refractivity contribution in [3.8, 4) is 0 Å². The fourth-order valence-electron chi connectivity index (χ4n) is 1.95. The molecule has 1 heterocycles. The second kappa shape index (κ2) is 4.56. The molecular weight excluding hydrogens is 226 g/mol. The summed E-state index contributed by atoms with van der Waals surface area (Å²) < 4.78 is 5.71. The Bertz CT molecular complexity index is 576. The number of Topliss-reactive ketones (excluding diaryl/α,β-unsaturated/α-hetero) is 1. The van der Waals surface area contributed by atoms with Gasteiger partial charge in [-0.15, -0.1) is 0 Å². The minimum atomic E-state index is 0.156. The monoisotopic (exact) mass is 245 g/mol. The van der Waals surface area contributed by atoms with Gasteiger partial charge in [0.25, 0.3) is 0 Å². The van der Waals surface area contributed by atoms with Gasteiger partial charge in [0.1, 0.15) is 11.3 Å². The molecule has 1 aromatic carbocycles. The molecule has 0 unspecified atom stereocenters. The van der Waals surface area contributed by atoms with Crippen LogP contribution in [0.15, 0.2) is 22.6 Å². The highest BCUT2D eigenvalue weighted by atomic mass is 16.3. The standard InChI is InChI=1S/C15H19NO2/c1-10(17)7-11-5-6-13-12(8-11)16-14(18-13)9-15(2,3)4/h5-6,8H,7,9H2,1-4H3. The van der Waals surface area contributed by atoms with Crippen molar-refractivity contribution in [3.05, 3.63) is 29.7 Å². The van der Waals surface area contributed by atoms with Crippen LogP contribution in [-0.4, -0.2) is 10.8 Å². The van der Waals surface area contributed by atoms with Crippen molar-refractivity contribution in [1.82, 2.24) is 4.98 Å². The van der Waals surface area contributed by atoms with Gasteiger partial charge in [-0.25, -0.2) is 4.98 Å². The molecule has 1 aromatic heterocycles. The van der Waals surface area contributed by atoms with Crippen LogP contribution in [-0.2, 0) is 17.6 Å². The zero-order valence-corrected chi connectivity index (χ0v) is 11.4. The molecule has 0 saturated heterocycles. The Morgan fingerprint density at radius 2 is 2.06 bits per heavy atom. The fourth-order valence-corrected chi connectivity index (χ4v) is 1.95. The Kier molecular flexibility index (Phi) is 3.24. The van der Waals surface area contributed by atoms with Crippen LogP contribution in [0.3, 0.4) is 0 Å². The molecular formula is C15H19NO2. The fraction of sp³-hybridized carbons (Fsp3) is 0.467. The van der Waals surface area contributed by atoms with Gasteiger partial charge in [-0.1, -0.05) is 26.8 Å². The number of hydrogen-bond donors (Lipinski definition) is 0. The lowest BCUT2D eigenvalue weighted by atomic mass is 9.92. The predicted molar refractivity (Wildman–Crippen MR) is 71.6 cm³/mol. The number of nitrogens with zero attached hydrogens (tertiary/aromatic N) is 1. The maximum atomic E-state index is 11.1. The molecule has 0 aliphatic carbocycles. The van der Waals surface area contributed by atoms with Gasteiger partial charge in [-0.3, -0.25) is 4.79 Å². The summed E-state index contributed by atoms with van der Waals surface area (Å²) >= 11 is 0. The van der Waals surface area contributed by atoms with E-state index in [2.05, 4.69) is 25.8 Å². The summed E-state index contributed by atoms with van der Waals surface area (Å²) in [6.07, 6.45) is 1.27. The summed E-state index contributed by atoms with van der Waals surface area (Å²) in [7, 11) is 0. The molecule has 0 aliphatic heterocycles. The van der Waals surface area contributed by atoms with Crippen LogP contribution in [0.2, 0.25) is 0 Å². The molecule has 3 heteroatoms. The topological polar surface area (TPSA) is 43.1 Å². The van der Waals surface area contributed by atoms with E-state index in [-0.39, 0.29) is 11.2 Å². The van der Waals surface area contributed by atoms with Gasteiger partial charge in [-0.05, 0) is 30.0 Å². The van der Waals surface area contributed by atoms with Crippen LogP contribution in [0, 0.1) is 5.41 Å². The highest BCUT2D eigenvalue weighted by molar-refractivity contribution is 5.80. The first-order valence-corrected chi connectivity index (χ1v) is 6.21. The predicted octanol–water partition coefficient (Wildman–Crippen LogP) is 3.55. The van der Waals surface area contributed by atoms with Gasteiger partial charge in [0.2, 0.25) is 0 Å². The zero-order chi connectivity index (χ0) is 13.3. The lowest BCUT2D eigenvalue weighted by molar-refractivity contribution is -0.116. The molecule has 18 heavy (non-hydrogen) atoms. The molecule has 0 saturated carbocycles. The lowest BCUT2D eigenvalue weighted by Gasteiger charge is -2.14. The molecule has 0 aliphatic rings. The maximum absolute atomic E-state index is 11.1. The number of aromatic nitrogens is 1. The summed E-state index contributed by atoms with van der Waals surface area (Å²) in [4.78, 5) is 15.6. The van der Waals surface area contributed by atoms with Crippen LogP contribution < -0.4 is 0 Å². The zero-order valence-electron chi connectivity index (χ0n) is 11.4. The molecule has 0 N–H and O–H groups in total. The van der Waals surface area contributed by atoms with E-state index in [1.54, 1.807) is 6.92 Å². The van der Waals surface area contributed by atoms with Crippen molar-refractivity contribution < 1.29 is 9.21 Å². The number of carbonyl (C=O) groups excluding carboxylic acids is 1. The molecule has 2 rings (SSSR count). The first-order chi connectivity index (χ1) is 8.33. The van der Waals surface area contributed by atoms with Crippen LogP contribution >= 0.6 is 0 Å². The van der Waals surface area contributed by atoms with Crippen molar-refractivity contribution in [2.45, 2.75) is 40.5 Å². The van der Waals surface area contributed by atoms with Crippen LogP contribution in [0.25, 0.3) is 11.1 Å². The van der Waals surface area contributed by atoms with Gasteiger partial charge in [0, 0.05) is 12.8 Å². The van der Waals surface area contributed by atoms with Crippen molar-refractivity contribution in [3.63, 3.8) is 0 Å². The average Bonchev–Trinajstić information content (AvgIpc) is 2.54. The molecule has 0 fully saturated rings. The smallest absolute Gasteiger partial charge is 0.195 e. The van der Waals surface area contributed by atoms with Gasteiger partial charge in [0.15, 0.2) is 11.5 Å². The highest BCUT2D eigenvalue weighted by Gasteiger charge is 2.16. The largest absolute Gasteiger partial charge is 0.441 e. The summed E-state index contributed by atoms with van der Waals surface area (Å²) in [5.74, 6) is 0.922. The number of benzene rings is 1. The van der Waals surface area contributed by atoms with Crippen LogP contribution in [0.4, 0.5) is 0 Å². The van der Waals surface area contributed by atoms with Crippen LogP contribution in [0.5, 0.6) is 0 Å². The Balaban J connectivity index is 2.31. The van der Waals surface area contributed by atoms with E-state index < -0.39 is 0 Å². The summed E-state index contributed by atoms with van der Waals surface area (Å²) in [6, 6.07) is 5.76. The van der Waals surface area contributed by atoms with Crippen molar-refractivity contribution in [2.24, 2.45) is 5.41 Å². The van der Waals surface area contributed by atoms with E-state index in [0.717, 1.165) is 29.0 Å². The molecule has 96 valence electrons. The van der Waals surface area contributed by atoms with E-state index in [1.165, 1.54) is 0 Å². The Morgan fingerprint density at radius 1 is 1.33 bits per heavy atom. The summed E-state index contributed by atoms with van der Waals surface area (Å²) in [5.41, 5.74) is 2.78. The molecule has 0 amide bonds. The van der Waals surface area contributed by atoms with E-state index in [4.69, 9.17) is 4.42 Å². The average molecular weight is 245 g/mol. The highest BCUT2D eigenvalue weighted by Crippen LogP contribution is 2.24. The van der Waals surface area contributed by atoms with Crippen molar-refractivity contribution in [2.75, 3.05) is 0 Å². The number of rotatable bonds is 3. The Hall–Kier alpha value is -1.64. The normalized spacial score (nSPS) is 12.0. The first kappa shape index (κ1) is 12.8. The third-order valence-corrected chi connectivity index (χ3v) is 2.63. The second-order valence-corrected chi connectivity index (χ2v) is 6.03. The number of hydrogen-bond acceptors (Lipinski definition) is 3. The second-order valence-electron chi connectivity index (χ2n) is 6.03. The van der Waals surface area contributed by atoms with Gasteiger partial charge < -0.3 is 4.42 Å². The first-order valence-electron chi connectivity index (χ1n) is 6.21. The number of fused-ring (bicyclic) bond motifs is 1. The van der Waals surface area contributed by atoms with Gasteiger partial charge in [0.05, 0.1) is 0 Å². The number of carbonyl (C=O) groups is 1. The molecule has 0 atom stereocenters. The quantitative estimate of drug-likeness (QED) is 0.830. The summed E-state index contributed by atoms with van der Waals surface area (Å²) in [5, 5.41) is 0. The third-order valence-electron chi connectivity index (χ3n) is 2.63. The summed E-state index contributed by atoms with van der Waals surface area (Å²) in [6.45, 7) is 8.06. The van der Waals surface area contributed by atoms with Crippen LogP contribution in [0.1, 0.15) is 39.1 Å². The number of ketones is 1. The molecule has 2 aromatic rings. The van der Waals surface area contributed by atoms with E-state index in [9.17, 15) is 4.79 Å². The minimum absolute atomic E-state index is 0.156. The Morgan fingerprint density at radius 3 is 2.67 bits per heavy atom. The van der Waals surface area contributed by atoms with Crippen molar-refractivity contribution in [1.29, 1.82) is 0 Å². The van der Waals surface area contributed by atoms with E-state index in [1.807, 2.05) is 18.2 Å². The molecule has 3 nitrogen and oxygen atoms in total. The SMILES string of the molecule is CC(=O)Cc1ccc2oc(CC(C)(C)C)nc2c1. The number of oxazole rings is 1. The molecule has 0 spiro atoms. The van der Waals surface area contributed by atoms with Gasteiger partial charge in [-0.2, -0.15) is 0 Å².